The zero-order valence-corrected chi connectivity index (χ0v) is 21.7. The number of halogens is 1. The van der Waals surface area contributed by atoms with Crippen molar-refractivity contribution < 1.29 is 14.3 Å². The van der Waals surface area contributed by atoms with Gasteiger partial charge in [0.1, 0.15) is 10.6 Å². The maximum absolute atomic E-state index is 14.0. The fraction of sp³-hybridized carbons (Fsp3) is 0.259. The van der Waals surface area contributed by atoms with E-state index >= 15 is 0 Å². The third-order valence-corrected chi connectivity index (χ3v) is 7.89. The topological polar surface area (TPSA) is 81.0 Å². The average molecular weight is 522 g/mol. The second-order valence-corrected chi connectivity index (χ2v) is 10.0. The number of fused-ring (bicyclic) bond motifs is 2. The Bertz CT molecular complexity index is 1620. The number of nitrogens with zero attached hydrogens (tertiary/aromatic N) is 3. The second kappa shape index (κ2) is 9.52. The number of amides is 1. The molecular formula is C27H24ClN3O4S. The van der Waals surface area contributed by atoms with E-state index in [0.717, 1.165) is 35.4 Å². The van der Waals surface area contributed by atoms with Gasteiger partial charge < -0.3 is 9.64 Å². The standard InChI is InChI=1S/C27H24ClN3O4S/c1-4-5-14-30-19-13-9-7-11-17(19)21(24(30)32)23-25(33)31-22(16-10-6-8-12-18(16)28)20(26(34)35-3)15(2)29-27(31)36-23/h6-13,22H,4-5,14H2,1-3H3/t22-/m0/s1. The van der Waals surface area contributed by atoms with E-state index < -0.39 is 17.6 Å². The largest absolute Gasteiger partial charge is 0.466 e. The van der Waals surface area contributed by atoms with Gasteiger partial charge in [-0.25, -0.2) is 9.79 Å². The molecule has 9 heteroatoms. The van der Waals surface area contributed by atoms with Crippen LogP contribution in [-0.4, -0.2) is 30.1 Å². The number of thiazole rings is 1. The molecule has 2 aromatic carbocycles. The summed E-state index contributed by atoms with van der Waals surface area (Å²) in [6.07, 6.45) is 1.79. The molecule has 2 aliphatic heterocycles. The smallest absolute Gasteiger partial charge is 0.338 e. The van der Waals surface area contributed by atoms with E-state index in [2.05, 4.69) is 11.9 Å². The molecule has 1 aromatic heterocycles. The lowest BCUT2D eigenvalue weighted by molar-refractivity contribution is -0.136. The summed E-state index contributed by atoms with van der Waals surface area (Å²) in [5.41, 5.74) is 2.74. The summed E-state index contributed by atoms with van der Waals surface area (Å²) in [4.78, 5) is 47.2. The zero-order valence-electron chi connectivity index (χ0n) is 20.1. The van der Waals surface area contributed by atoms with Gasteiger partial charge >= 0.3 is 5.97 Å². The molecule has 0 saturated carbocycles. The highest BCUT2D eigenvalue weighted by atomic mass is 35.5. The first-order valence-corrected chi connectivity index (χ1v) is 12.9. The SMILES string of the molecule is CCCCN1C(=O)C(=c2sc3n(c2=O)[C@@H](c2ccccc2Cl)C(C(=O)OC)=C(C)N=3)c2ccccc21. The molecule has 3 aromatic rings. The number of carbonyl (C=O) groups excluding carboxylic acids is 2. The first-order chi connectivity index (χ1) is 17.4. The molecule has 1 amide bonds. The fourth-order valence-electron chi connectivity index (χ4n) is 4.77. The summed E-state index contributed by atoms with van der Waals surface area (Å²) in [7, 11) is 1.29. The molecule has 0 bridgehead atoms. The van der Waals surface area contributed by atoms with Crippen LogP contribution in [0.3, 0.4) is 0 Å². The summed E-state index contributed by atoms with van der Waals surface area (Å²) >= 11 is 7.70. The van der Waals surface area contributed by atoms with Crippen molar-refractivity contribution in [3.05, 3.63) is 95.6 Å². The van der Waals surface area contributed by atoms with Crippen LogP contribution in [0.25, 0.3) is 5.57 Å². The first-order valence-electron chi connectivity index (χ1n) is 11.7. The molecule has 7 nitrogen and oxygen atoms in total. The summed E-state index contributed by atoms with van der Waals surface area (Å²) in [6.45, 7) is 4.35. The highest BCUT2D eigenvalue weighted by molar-refractivity contribution is 7.07. The Balaban J connectivity index is 1.82. The van der Waals surface area contributed by atoms with Crippen LogP contribution in [0.15, 0.2) is 69.6 Å². The van der Waals surface area contributed by atoms with Gasteiger partial charge in [0.05, 0.1) is 29.6 Å². The molecule has 0 radical (unpaired) electrons. The molecule has 0 unspecified atom stereocenters. The molecule has 0 spiro atoms. The predicted octanol–water partition coefficient (Wildman–Crippen LogP) is 3.58. The van der Waals surface area contributed by atoms with Crippen LogP contribution < -0.4 is 19.8 Å². The van der Waals surface area contributed by atoms with E-state index in [1.54, 1.807) is 36.1 Å². The van der Waals surface area contributed by atoms with E-state index in [4.69, 9.17) is 16.3 Å². The van der Waals surface area contributed by atoms with Gasteiger partial charge in [-0.05, 0) is 31.0 Å². The lowest BCUT2D eigenvalue weighted by Crippen LogP contribution is -2.41. The van der Waals surface area contributed by atoms with Crippen LogP contribution in [0.2, 0.25) is 5.02 Å². The summed E-state index contributed by atoms with van der Waals surface area (Å²) < 4.78 is 6.80. The van der Waals surface area contributed by atoms with E-state index in [0.29, 0.717) is 37.7 Å². The van der Waals surface area contributed by atoms with Gasteiger partial charge in [0.15, 0.2) is 4.80 Å². The number of methoxy groups -OCH3 is 1. The van der Waals surface area contributed by atoms with Crippen molar-refractivity contribution >= 4 is 46.1 Å². The fourth-order valence-corrected chi connectivity index (χ4v) is 6.15. The number of allylic oxidation sites excluding steroid dienone is 1. The molecule has 36 heavy (non-hydrogen) atoms. The highest BCUT2D eigenvalue weighted by Crippen LogP contribution is 2.36. The highest BCUT2D eigenvalue weighted by Gasteiger charge is 2.37. The summed E-state index contributed by atoms with van der Waals surface area (Å²) in [5.74, 6) is -0.791. The van der Waals surface area contributed by atoms with Crippen molar-refractivity contribution in [1.82, 2.24) is 4.57 Å². The van der Waals surface area contributed by atoms with Gasteiger partial charge in [0, 0.05) is 17.1 Å². The van der Waals surface area contributed by atoms with Gasteiger partial charge in [0.25, 0.3) is 11.5 Å². The molecule has 0 aliphatic carbocycles. The van der Waals surface area contributed by atoms with Crippen LogP contribution in [0.5, 0.6) is 0 Å². The van der Waals surface area contributed by atoms with Crippen molar-refractivity contribution in [2.75, 3.05) is 18.6 Å². The third-order valence-electron chi connectivity index (χ3n) is 6.49. The van der Waals surface area contributed by atoms with Gasteiger partial charge in [-0.1, -0.05) is 72.7 Å². The molecule has 0 saturated heterocycles. The lowest BCUT2D eigenvalue weighted by Gasteiger charge is -2.25. The second-order valence-electron chi connectivity index (χ2n) is 8.62. The number of hydrogen-bond donors (Lipinski definition) is 0. The van der Waals surface area contributed by atoms with Gasteiger partial charge in [-0.15, -0.1) is 0 Å². The van der Waals surface area contributed by atoms with Crippen molar-refractivity contribution in [2.24, 2.45) is 4.99 Å². The zero-order chi connectivity index (χ0) is 25.6. The number of aromatic nitrogens is 1. The van der Waals surface area contributed by atoms with Gasteiger partial charge in [-0.2, -0.15) is 0 Å². The summed E-state index contributed by atoms with van der Waals surface area (Å²) in [5, 5.41) is 0.407. The number of para-hydroxylation sites is 1. The van der Waals surface area contributed by atoms with Gasteiger partial charge in [-0.3, -0.25) is 14.2 Å². The Kier molecular flexibility index (Phi) is 6.40. The van der Waals surface area contributed by atoms with E-state index in [9.17, 15) is 14.4 Å². The maximum atomic E-state index is 14.0. The third kappa shape index (κ3) is 3.72. The molecule has 0 N–H and O–H groups in total. The van der Waals surface area contributed by atoms with Crippen molar-refractivity contribution in [3.8, 4) is 0 Å². The van der Waals surface area contributed by atoms with Crippen LogP contribution in [0, 0.1) is 0 Å². The molecule has 5 rings (SSSR count). The number of unbranched alkanes of at least 4 members (excludes halogenated alkanes) is 1. The van der Waals surface area contributed by atoms with Crippen molar-refractivity contribution in [3.63, 3.8) is 0 Å². The Morgan fingerprint density at radius 1 is 1.14 bits per heavy atom. The molecule has 3 heterocycles. The van der Waals surface area contributed by atoms with E-state index in [1.807, 2.05) is 24.3 Å². The van der Waals surface area contributed by atoms with Crippen LogP contribution >= 0.6 is 22.9 Å². The minimum absolute atomic E-state index is 0.201. The molecule has 184 valence electrons. The quantitative estimate of drug-likeness (QED) is 0.481. The van der Waals surface area contributed by atoms with Crippen LogP contribution in [-0.2, 0) is 14.3 Å². The number of rotatable bonds is 5. The average Bonchev–Trinajstić information content (AvgIpc) is 3.34. The number of carbonyl (C=O) groups is 2. The Hall–Kier alpha value is -3.49. The lowest BCUT2D eigenvalue weighted by atomic mass is 9.96. The van der Waals surface area contributed by atoms with Crippen LogP contribution in [0.4, 0.5) is 5.69 Å². The minimum atomic E-state index is -0.834. The van der Waals surface area contributed by atoms with Crippen molar-refractivity contribution in [1.29, 1.82) is 0 Å². The Labute approximate surface area is 216 Å². The predicted molar refractivity (Wildman–Crippen MR) is 140 cm³/mol. The number of hydrogen-bond acceptors (Lipinski definition) is 6. The number of esters is 1. The van der Waals surface area contributed by atoms with E-state index in [1.165, 1.54) is 11.7 Å². The normalized spacial score (nSPS) is 18.2. The minimum Gasteiger partial charge on any atom is -0.466 e. The van der Waals surface area contributed by atoms with Crippen LogP contribution in [0.1, 0.15) is 43.9 Å². The molecular weight excluding hydrogens is 498 g/mol. The summed E-state index contributed by atoms with van der Waals surface area (Å²) in [6, 6.07) is 13.7. The molecule has 1 atom stereocenters. The van der Waals surface area contributed by atoms with Crippen molar-refractivity contribution in [2.45, 2.75) is 32.7 Å². The first kappa shape index (κ1) is 24.2. The number of ether oxygens (including phenoxy) is 1. The molecule has 2 aliphatic rings. The number of benzene rings is 2. The maximum Gasteiger partial charge on any atom is 0.338 e. The monoisotopic (exact) mass is 521 g/mol. The van der Waals surface area contributed by atoms with E-state index in [-0.39, 0.29) is 11.5 Å². The Morgan fingerprint density at radius 3 is 2.58 bits per heavy atom. The number of anilines is 1. The Morgan fingerprint density at radius 2 is 1.86 bits per heavy atom. The molecule has 0 fully saturated rings. The van der Waals surface area contributed by atoms with Gasteiger partial charge in [0.2, 0.25) is 0 Å².